The average molecular weight is 551 g/mol. The van der Waals surface area contributed by atoms with Gasteiger partial charge in [-0.05, 0) is 38.7 Å². The van der Waals surface area contributed by atoms with E-state index in [-0.39, 0.29) is 35.9 Å². The molecule has 8 atom stereocenters. The summed E-state index contributed by atoms with van der Waals surface area (Å²) in [6.45, 7) is 5.59. The predicted molar refractivity (Wildman–Crippen MR) is 133 cm³/mol. The van der Waals surface area contributed by atoms with Crippen LogP contribution in [0.25, 0.3) is 0 Å². The fourth-order valence-corrected chi connectivity index (χ4v) is 7.17. The molecule has 1 spiro atoms. The van der Waals surface area contributed by atoms with Gasteiger partial charge in [0.2, 0.25) is 11.8 Å². The standard InChI is InChI=1S/C26H35BrN2O6/c1-4-9-15(3)28-23(31)22-26-13-18(27)21(35-26)19(25(33)34-5-2)20(26)24(32)29(22)17(14-30)12-16-10-7-6-8-11-16/h6-8,10-11,15,17-22,30H,4-5,9,12-14H2,1-3H3,(H,28,31)/t15?,17-,18?,19-,20+,21-,22?,26?/m1/s1. The minimum absolute atomic E-state index is 0.0826. The highest BCUT2D eigenvalue weighted by Crippen LogP contribution is 2.60. The lowest BCUT2D eigenvalue weighted by molar-refractivity contribution is -0.155. The highest BCUT2D eigenvalue weighted by molar-refractivity contribution is 9.09. The number of halogens is 1. The normalized spacial score (nSPS) is 32.9. The number of nitrogens with one attached hydrogen (secondary N) is 1. The quantitative estimate of drug-likeness (QED) is 0.342. The highest BCUT2D eigenvalue weighted by atomic mass is 79.9. The highest BCUT2D eigenvalue weighted by Gasteiger charge is 2.77. The molecule has 1 aromatic rings. The van der Waals surface area contributed by atoms with Crippen LogP contribution in [-0.4, -0.2) is 75.7 Å². The Labute approximate surface area is 214 Å². The van der Waals surface area contributed by atoms with Crippen LogP contribution in [0.1, 0.15) is 45.6 Å². The van der Waals surface area contributed by atoms with E-state index in [1.807, 2.05) is 44.2 Å². The number of likely N-dealkylation sites (tertiary alicyclic amines) is 1. The maximum Gasteiger partial charge on any atom is 0.312 e. The van der Waals surface area contributed by atoms with Crippen molar-refractivity contribution in [1.82, 2.24) is 10.2 Å². The van der Waals surface area contributed by atoms with Crippen molar-refractivity contribution in [2.75, 3.05) is 13.2 Å². The molecule has 3 fully saturated rings. The van der Waals surface area contributed by atoms with Crippen molar-refractivity contribution in [2.24, 2.45) is 11.8 Å². The zero-order valence-corrected chi connectivity index (χ0v) is 22.1. The van der Waals surface area contributed by atoms with Crippen LogP contribution in [0.3, 0.4) is 0 Å². The smallest absolute Gasteiger partial charge is 0.312 e. The van der Waals surface area contributed by atoms with Crippen LogP contribution in [0.5, 0.6) is 0 Å². The van der Waals surface area contributed by atoms with Gasteiger partial charge in [0.05, 0.1) is 37.2 Å². The molecule has 2 bridgehead atoms. The number of aliphatic hydroxyl groups is 1. The Morgan fingerprint density at radius 3 is 2.66 bits per heavy atom. The fourth-order valence-electron chi connectivity index (χ4n) is 6.23. The lowest BCUT2D eigenvalue weighted by atomic mass is 9.70. The molecule has 0 aliphatic carbocycles. The lowest BCUT2D eigenvalue weighted by Gasteiger charge is -2.37. The van der Waals surface area contributed by atoms with E-state index in [1.165, 1.54) is 4.90 Å². The van der Waals surface area contributed by atoms with Crippen molar-refractivity contribution in [3.63, 3.8) is 0 Å². The van der Waals surface area contributed by atoms with E-state index in [4.69, 9.17) is 9.47 Å². The Bertz CT molecular complexity index is 945. The van der Waals surface area contributed by atoms with Crippen molar-refractivity contribution in [3.8, 4) is 0 Å². The van der Waals surface area contributed by atoms with E-state index >= 15 is 0 Å². The Morgan fingerprint density at radius 2 is 2.03 bits per heavy atom. The first-order valence-corrected chi connectivity index (χ1v) is 13.5. The molecule has 3 saturated heterocycles. The molecule has 3 aliphatic rings. The molecular weight excluding hydrogens is 516 g/mol. The zero-order valence-electron chi connectivity index (χ0n) is 20.5. The molecule has 0 radical (unpaired) electrons. The molecule has 2 N–H and O–H groups in total. The molecule has 3 heterocycles. The second-order valence-corrected chi connectivity index (χ2v) is 11.1. The van der Waals surface area contributed by atoms with Gasteiger partial charge in [0.1, 0.15) is 11.6 Å². The summed E-state index contributed by atoms with van der Waals surface area (Å²) < 4.78 is 11.8. The van der Waals surface area contributed by atoms with Crippen LogP contribution in [0.15, 0.2) is 30.3 Å². The van der Waals surface area contributed by atoms with Gasteiger partial charge in [0.25, 0.3) is 0 Å². The van der Waals surface area contributed by atoms with Gasteiger partial charge in [-0.15, -0.1) is 0 Å². The van der Waals surface area contributed by atoms with Gasteiger partial charge in [-0.2, -0.15) is 0 Å². The Morgan fingerprint density at radius 1 is 1.31 bits per heavy atom. The third kappa shape index (κ3) is 4.51. The second-order valence-electron chi connectivity index (χ2n) is 9.89. The number of rotatable bonds is 10. The van der Waals surface area contributed by atoms with Crippen LogP contribution in [0, 0.1) is 11.8 Å². The van der Waals surface area contributed by atoms with E-state index < -0.39 is 41.6 Å². The van der Waals surface area contributed by atoms with Crippen molar-refractivity contribution < 1.29 is 29.0 Å². The number of amides is 2. The molecule has 8 nitrogen and oxygen atoms in total. The molecule has 9 heteroatoms. The summed E-state index contributed by atoms with van der Waals surface area (Å²) in [5.41, 5.74) is -0.217. The van der Waals surface area contributed by atoms with Crippen LogP contribution in [0.2, 0.25) is 0 Å². The summed E-state index contributed by atoms with van der Waals surface area (Å²) in [6, 6.07) is 7.89. The number of nitrogens with zero attached hydrogens (tertiary/aromatic N) is 1. The third-order valence-corrected chi connectivity index (χ3v) is 8.41. The maximum atomic E-state index is 14.0. The molecule has 3 aliphatic heterocycles. The summed E-state index contributed by atoms with van der Waals surface area (Å²) in [4.78, 5) is 42.2. The Kier molecular flexibility index (Phi) is 7.88. The predicted octanol–water partition coefficient (Wildman–Crippen LogP) is 2.21. The lowest BCUT2D eigenvalue weighted by Crippen LogP contribution is -2.59. The van der Waals surface area contributed by atoms with Gasteiger partial charge in [-0.3, -0.25) is 14.4 Å². The van der Waals surface area contributed by atoms with Crippen molar-refractivity contribution in [1.29, 1.82) is 0 Å². The first-order valence-electron chi connectivity index (χ1n) is 12.5. The summed E-state index contributed by atoms with van der Waals surface area (Å²) >= 11 is 3.64. The second kappa shape index (κ2) is 10.6. The number of fused-ring (bicyclic) bond motifs is 1. The molecular formula is C26H35BrN2O6. The van der Waals surface area contributed by atoms with Gasteiger partial charge < -0.3 is 24.8 Å². The first kappa shape index (κ1) is 26.1. The van der Waals surface area contributed by atoms with Gasteiger partial charge in [-0.1, -0.05) is 59.6 Å². The van der Waals surface area contributed by atoms with E-state index in [2.05, 4.69) is 21.2 Å². The molecule has 4 unspecified atom stereocenters. The fraction of sp³-hybridized carbons (Fsp3) is 0.654. The van der Waals surface area contributed by atoms with Gasteiger partial charge in [0.15, 0.2) is 0 Å². The van der Waals surface area contributed by atoms with Gasteiger partial charge in [0, 0.05) is 10.9 Å². The number of aliphatic hydroxyl groups excluding tert-OH is 1. The molecule has 192 valence electrons. The molecule has 0 saturated carbocycles. The number of esters is 1. The summed E-state index contributed by atoms with van der Waals surface area (Å²) in [6.07, 6.45) is 1.96. The van der Waals surface area contributed by atoms with E-state index in [1.54, 1.807) is 6.92 Å². The Balaban J connectivity index is 1.75. The Hall–Kier alpha value is -1.97. The van der Waals surface area contributed by atoms with E-state index in [0.29, 0.717) is 12.8 Å². The number of ether oxygens (including phenoxy) is 2. The number of alkyl halides is 1. The zero-order chi connectivity index (χ0) is 25.3. The van der Waals surface area contributed by atoms with Gasteiger partial charge >= 0.3 is 5.97 Å². The molecule has 4 rings (SSSR count). The van der Waals surface area contributed by atoms with E-state index in [9.17, 15) is 19.5 Å². The van der Waals surface area contributed by atoms with Crippen molar-refractivity contribution in [3.05, 3.63) is 35.9 Å². The molecule has 1 aromatic carbocycles. The largest absolute Gasteiger partial charge is 0.466 e. The van der Waals surface area contributed by atoms with Crippen LogP contribution in [0.4, 0.5) is 0 Å². The number of benzene rings is 1. The van der Waals surface area contributed by atoms with E-state index in [0.717, 1.165) is 18.4 Å². The third-order valence-electron chi connectivity index (χ3n) is 7.56. The maximum absolute atomic E-state index is 14.0. The summed E-state index contributed by atoms with van der Waals surface area (Å²) in [5.74, 6) is -2.75. The topological polar surface area (TPSA) is 105 Å². The first-order chi connectivity index (χ1) is 16.8. The SMILES string of the molecule is CCCC(C)NC(=O)C1N([C@@H](CO)Cc2ccccc2)C(=O)[C@@H]2[C@@H](C(=O)OCC)[C@@H]3OC12CC3Br. The van der Waals surface area contributed by atoms with Crippen molar-refractivity contribution >= 4 is 33.7 Å². The average Bonchev–Trinajstić information content (AvgIpc) is 3.42. The minimum atomic E-state index is -1.16. The van der Waals surface area contributed by atoms with Crippen molar-refractivity contribution in [2.45, 2.75) is 81.1 Å². The van der Waals surface area contributed by atoms with Crippen LogP contribution >= 0.6 is 15.9 Å². The monoisotopic (exact) mass is 550 g/mol. The van der Waals surface area contributed by atoms with Gasteiger partial charge in [-0.25, -0.2) is 0 Å². The number of carbonyl (C=O) groups excluding carboxylic acids is 3. The molecule has 35 heavy (non-hydrogen) atoms. The summed E-state index contributed by atoms with van der Waals surface area (Å²) in [7, 11) is 0. The minimum Gasteiger partial charge on any atom is -0.466 e. The summed E-state index contributed by atoms with van der Waals surface area (Å²) in [5, 5.41) is 13.5. The van der Waals surface area contributed by atoms with Crippen LogP contribution in [-0.2, 0) is 30.3 Å². The van der Waals surface area contributed by atoms with Crippen LogP contribution < -0.4 is 5.32 Å². The molecule has 2 amide bonds. The number of hydrogen-bond acceptors (Lipinski definition) is 6. The number of hydrogen-bond donors (Lipinski definition) is 2. The number of carbonyl (C=O) groups is 3. The molecule has 0 aromatic heterocycles.